The molecule has 1 aliphatic heterocycles. The van der Waals surface area contributed by atoms with E-state index in [-0.39, 0.29) is 16.6 Å². The van der Waals surface area contributed by atoms with Crippen molar-refractivity contribution in [1.29, 1.82) is 0 Å². The summed E-state index contributed by atoms with van der Waals surface area (Å²) in [5.41, 5.74) is -1.64. The van der Waals surface area contributed by atoms with Crippen molar-refractivity contribution in [2.45, 2.75) is 43.3 Å². The number of carboxylic acid groups (broad SMARTS) is 1. The molecule has 0 bridgehead atoms. The van der Waals surface area contributed by atoms with Gasteiger partial charge >= 0.3 is 12.1 Å². The van der Waals surface area contributed by atoms with Crippen LogP contribution in [0.3, 0.4) is 0 Å². The molecule has 1 N–H and O–H groups in total. The van der Waals surface area contributed by atoms with Gasteiger partial charge in [-0.1, -0.05) is 0 Å². The van der Waals surface area contributed by atoms with Gasteiger partial charge < -0.3 is 14.2 Å². The van der Waals surface area contributed by atoms with E-state index < -0.39 is 81.8 Å². The van der Waals surface area contributed by atoms with E-state index in [1.165, 1.54) is 17.6 Å². The second-order valence-electron chi connectivity index (χ2n) is 7.89. The Morgan fingerprint density at radius 3 is 2.58 bits per heavy atom. The van der Waals surface area contributed by atoms with Crippen molar-refractivity contribution < 1.29 is 40.8 Å². The molecule has 3 aromatic rings. The van der Waals surface area contributed by atoms with Crippen LogP contribution in [0.5, 0.6) is 0 Å². The zero-order chi connectivity index (χ0) is 24.3. The van der Waals surface area contributed by atoms with Gasteiger partial charge in [0.15, 0.2) is 4.90 Å². The predicted molar refractivity (Wildman–Crippen MR) is 108 cm³/mol. The fourth-order valence-electron chi connectivity index (χ4n) is 4.25. The van der Waals surface area contributed by atoms with Gasteiger partial charge in [0.1, 0.15) is 18.1 Å². The zero-order valence-corrected chi connectivity index (χ0v) is 17.9. The van der Waals surface area contributed by atoms with Gasteiger partial charge in [-0.25, -0.2) is 13.2 Å². The molecule has 1 aliphatic rings. The van der Waals surface area contributed by atoms with E-state index >= 15 is 0 Å². The van der Waals surface area contributed by atoms with E-state index in [9.17, 15) is 40.8 Å². The number of aromatic nitrogens is 1. The number of hydrogen-bond acceptors (Lipinski definition) is 2. The largest absolute Gasteiger partial charge is 0.611 e. The highest BCUT2D eigenvalue weighted by Crippen LogP contribution is 2.45. The molecule has 1 aromatic heterocycles. The molecule has 0 saturated carbocycles. The summed E-state index contributed by atoms with van der Waals surface area (Å²) in [4.78, 5) is 10.7. The number of hydrogen-bond donors (Lipinski definition) is 1. The molecule has 0 radical (unpaired) electrons. The fourth-order valence-corrected chi connectivity index (χ4v) is 5.62. The Hall–Kier alpha value is -2.66. The Kier molecular flexibility index (Phi) is 5.68. The van der Waals surface area contributed by atoms with Crippen molar-refractivity contribution in [3.05, 3.63) is 64.1 Å². The lowest BCUT2D eigenvalue weighted by molar-refractivity contribution is -0.139. The van der Waals surface area contributed by atoms with Gasteiger partial charge in [-0.2, -0.15) is 13.2 Å². The number of benzene rings is 2. The Labute approximate surface area is 187 Å². The Morgan fingerprint density at radius 2 is 1.94 bits per heavy atom. The normalized spacial score (nSPS) is 17.9. The second-order valence-corrected chi connectivity index (χ2v) is 9.43. The van der Waals surface area contributed by atoms with Gasteiger partial charge in [0.25, 0.3) is 5.92 Å². The Morgan fingerprint density at radius 1 is 1.24 bits per heavy atom. The SMILES string of the molecule is Cc1c(Cc2cc3c(cc2C(F)(F)F)[S+]([O-])CCC3(F)F)c2cc(F)ccc2n1CC(=O)O. The summed E-state index contributed by atoms with van der Waals surface area (Å²) in [7, 11) is 0. The van der Waals surface area contributed by atoms with Crippen molar-refractivity contribution in [1.82, 2.24) is 4.57 Å². The highest BCUT2D eigenvalue weighted by atomic mass is 32.2. The summed E-state index contributed by atoms with van der Waals surface area (Å²) in [6.07, 6.45) is -6.16. The lowest BCUT2D eigenvalue weighted by Gasteiger charge is -2.28. The number of aliphatic carboxylic acids is 1. The monoisotopic (exact) mass is 489 g/mol. The number of alkyl halides is 5. The Balaban J connectivity index is 1.95. The second kappa shape index (κ2) is 7.98. The quantitative estimate of drug-likeness (QED) is 0.395. The van der Waals surface area contributed by atoms with Gasteiger partial charge in [0.05, 0.1) is 17.5 Å². The van der Waals surface area contributed by atoms with Gasteiger partial charge in [0, 0.05) is 29.1 Å². The molecule has 2 heterocycles. The van der Waals surface area contributed by atoms with E-state index in [1.807, 2.05) is 0 Å². The molecule has 4 rings (SSSR count). The third-order valence-corrected chi connectivity index (χ3v) is 7.23. The number of fused-ring (bicyclic) bond motifs is 2. The maximum absolute atomic E-state index is 14.5. The predicted octanol–water partition coefficient (Wildman–Crippen LogP) is 5.39. The van der Waals surface area contributed by atoms with Crippen LogP contribution in [0.25, 0.3) is 10.9 Å². The molecule has 0 aliphatic carbocycles. The molecular formula is C22H17F6NO3S. The number of halogens is 6. The van der Waals surface area contributed by atoms with Crippen molar-refractivity contribution in [2.75, 3.05) is 5.75 Å². The van der Waals surface area contributed by atoms with Crippen molar-refractivity contribution in [3.8, 4) is 0 Å². The molecule has 0 fully saturated rings. The minimum Gasteiger partial charge on any atom is -0.611 e. The first-order valence-corrected chi connectivity index (χ1v) is 11.1. The van der Waals surface area contributed by atoms with Crippen molar-refractivity contribution >= 4 is 28.0 Å². The zero-order valence-electron chi connectivity index (χ0n) is 17.1. The van der Waals surface area contributed by atoms with Crippen LogP contribution in [0.2, 0.25) is 0 Å². The molecule has 0 amide bonds. The van der Waals surface area contributed by atoms with Crippen LogP contribution in [0.4, 0.5) is 26.3 Å². The topological polar surface area (TPSA) is 65.3 Å². The summed E-state index contributed by atoms with van der Waals surface area (Å²) >= 11 is -1.99. The van der Waals surface area contributed by atoms with E-state index in [4.69, 9.17) is 0 Å². The van der Waals surface area contributed by atoms with Crippen molar-refractivity contribution in [3.63, 3.8) is 0 Å². The number of nitrogens with zero attached hydrogens (tertiary/aromatic N) is 1. The summed E-state index contributed by atoms with van der Waals surface area (Å²) in [5.74, 6) is -5.78. The molecule has 33 heavy (non-hydrogen) atoms. The van der Waals surface area contributed by atoms with Gasteiger partial charge in [-0.05, 0) is 53.5 Å². The van der Waals surface area contributed by atoms with Crippen LogP contribution < -0.4 is 0 Å². The van der Waals surface area contributed by atoms with E-state index in [0.717, 1.165) is 18.2 Å². The first-order chi connectivity index (χ1) is 15.3. The third-order valence-electron chi connectivity index (χ3n) is 5.83. The highest BCUT2D eigenvalue weighted by Gasteiger charge is 2.46. The van der Waals surface area contributed by atoms with E-state index in [0.29, 0.717) is 11.6 Å². The lowest BCUT2D eigenvalue weighted by Crippen LogP contribution is -2.29. The molecule has 0 spiro atoms. The van der Waals surface area contributed by atoms with Crippen LogP contribution in [0, 0.1) is 12.7 Å². The summed E-state index contributed by atoms with van der Waals surface area (Å²) < 4.78 is 98.1. The maximum Gasteiger partial charge on any atom is 0.416 e. The molecule has 1 unspecified atom stereocenters. The fraction of sp³-hybridized carbons (Fsp3) is 0.318. The highest BCUT2D eigenvalue weighted by molar-refractivity contribution is 7.91. The average molecular weight is 489 g/mol. The third kappa shape index (κ3) is 4.19. The minimum absolute atomic E-state index is 0.190. The smallest absolute Gasteiger partial charge is 0.416 e. The number of carboxylic acids is 1. The molecule has 0 saturated heterocycles. The van der Waals surface area contributed by atoms with E-state index in [2.05, 4.69) is 0 Å². The number of rotatable bonds is 4. The first kappa shape index (κ1) is 23.5. The molecule has 4 nitrogen and oxygen atoms in total. The van der Waals surface area contributed by atoms with Crippen LogP contribution in [-0.2, 0) is 41.0 Å². The van der Waals surface area contributed by atoms with E-state index in [1.54, 1.807) is 0 Å². The summed E-state index contributed by atoms with van der Waals surface area (Å²) in [6.45, 7) is 0.965. The molecule has 2 aromatic carbocycles. The molecule has 176 valence electrons. The first-order valence-electron chi connectivity index (χ1n) is 9.79. The molecule has 1 atom stereocenters. The van der Waals surface area contributed by atoms with Crippen LogP contribution >= 0.6 is 0 Å². The number of carbonyl (C=O) groups is 1. The van der Waals surface area contributed by atoms with Gasteiger partial charge in [0.2, 0.25) is 0 Å². The maximum atomic E-state index is 14.5. The van der Waals surface area contributed by atoms with Crippen LogP contribution in [0.15, 0.2) is 35.2 Å². The van der Waals surface area contributed by atoms with Crippen LogP contribution in [0.1, 0.15) is 34.4 Å². The average Bonchev–Trinajstić information content (AvgIpc) is 2.95. The summed E-state index contributed by atoms with van der Waals surface area (Å²) in [6, 6.07) is 4.73. The van der Waals surface area contributed by atoms with Crippen molar-refractivity contribution in [2.24, 2.45) is 0 Å². The van der Waals surface area contributed by atoms with Gasteiger partial charge in [-0.15, -0.1) is 0 Å². The summed E-state index contributed by atoms with van der Waals surface area (Å²) in [5, 5.41) is 9.40. The van der Waals surface area contributed by atoms with Gasteiger partial charge in [-0.3, -0.25) is 4.79 Å². The minimum atomic E-state index is -4.92. The van der Waals surface area contributed by atoms with Crippen LogP contribution in [-0.4, -0.2) is 25.9 Å². The molecule has 11 heteroatoms. The lowest BCUT2D eigenvalue weighted by atomic mass is 9.93. The standard InChI is InChI=1S/C22H17F6NO3S/c1-11-14(15-8-13(23)2-3-18(15)29(11)10-20(30)31)6-12-7-17-19(9-16(12)22(26,27)28)33(32)5-4-21(17,24)25/h2-3,7-9H,4-6,10H2,1H3,(H,30,31). The Bertz CT molecular complexity index is 1270. The molecular weight excluding hydrogens is 472 g/mol.